The minimum absolute atomic E-state index is 0.599. The van der Waals surface area contributed by atoms with Crippen LogP contribution in [-0.2, 0) is 0 Å². The normalized spacial score (nSPS) is 14.9. The summed E-state index contributed by atoms with van der Waals surface area (Å²) >= 11 is 5.24. The summed E-state index contributed by atoms with van der Waals surface area (Å²) in [6.45, 7) is 2.10. The number of aromatic nitrogens is 2. The summed E-state index contributed by atoms with van der Waals surface area (Å²) in [5.41, 5.74) is 3.52. The van der Waals surface area contributed by atoms with Crippen LogP contribution >= 0.6 is 12.2 Å². The van der Waals surface area contributed by atoms with Crippen molar-refractivity contribution in [1.82, 2.24) is 9.97 Å². The molecule has 0 amide bonds. The van der Waals surface area contributed by atoms with Crippen molar-refractivity contribution < 1.29 is 0 Å². The Morgan fingerprint density at radius 3 is 2.82 bits per heavy atom. The number of aromatic amines is 1. The van der Waals surface area contributed by atoms with Gasteiger partial charge in [0.15, 0.2) is 0 Å². The zero-order valence-electron chi connectivity index (χ0n) is 9.73. The highest BCUT2D eigenvalue weighted by Gasteiger charge is 2.26. The van der Waals surface area contributed by atoms with Crippen LogP contribution in [0.1, 0.15) is 30.1 Å². The van der Waals surface area contributed by atoms with Crippen LogP contribution in [0.4, 0.5) is 0 Å². The second-order valence-corrected chi connectivity index (χ2v) is 5.08. The Bertz CT molecular complexity index is 612. The van der Waals surface area contributed by atoms with Crippen LogP contribution in [0.3, 0.4) is 0 Å². The number of benzene rings is 1. The van der Waals surface area contributed by atoms with Gasteiger partial charge >= 0.3 is 0 Å². The molecule has 0 unspecified atom stereocenters. The lowest BCUT2D eigenvalue weighted by Gasteiger charge is -2.06. The average Bonchev–Trinajstić information content (AvgIpc) is 3.12. The highest BCUT2D eigenvalue weighted by molar-refractivity contribution is 7.71. The van der Waals surface area contributed by atoms with Crippen LogP contribution in [0.15, 0.2) is 30.3 Å². The quantitative estimate of drug-likeness (QED) is 0.807. The largest absolute Gasteiger partial charge is 0.343 e. The van der Waals surface area contributed by atoms with E-state index >= 15 is 0 Å². The van der Waals surface area contributed by atoms with Crippen molar-refractivity contribution >= 4 is 12.2 Å². The molecule has 1 aliphatic rings. The van der Waals surface area contributed by atoms with Gasteiger partial charge in [-0.25, -0.2) is 4.98 Å². The molecule has 1 fully saturated rings. The first-order valence-corrected chi connectivity index (χ1v) is 6.31. The van der Waals surface area contributed by atoms with E-state index in [0.717, 1.165) is 11.5 Å². The average molecular weight is 242 g/mol. The summed E-state index contributed by atoms with van der Waals surface area (Å²) < 4.78 is 0.683. The molecule has 86 valence electrons. The van der Waals surface area contributed by atoms with Crippen molar-refractivity contribution in [3.8, 4) is 11.3 Å². The van der Waals surface area contributed by atoms with Crippen LogP contribution < -0.4 is 0 Å². The molecule has 1 aromatic carbocycles. The van der Waals surface area contributed by atoms with E-state index in [4.69, 9.17) is 12.2 Å². The van der Waals surface area contributed by atoms with E-state index in [1.807, 2.05) is 6.07 Å². The number of rotatable bonds is 2. The van der Waals surface area contributed by atoms with Crippen LogP contribution in [0.2, 0.25) is 0 Å². The Hall–Kier alpha value is -1.48. The fourth-order valence-corrected chi connectivity index (χ4v) is 2.21. The van der Waals surface area contributed by atoms with Gasteiger partial charge in [0, 0.05) is 11.6 Å². The summed E-state index contributed by atoms with van der Waals surface area (Å²) in [7, 11) is 0. The number of nitrogens with zero attached hydrogens (tertiary/aromatic N) is 1. The van der Waals surface area contributed by atoms with Crippen LogP contribution in [0.5, 0.6) is 0 Å². The van der Waals surface area contributed by atoms with Gasteiger partial charge in [-0.15, -0.1) is 0 Å². The lowest BCUT2D eigenvalue weighted by atomic mass is 10.1. The molecule has 1 heterocycles. The molecule has 0 radical (unpaired) electrons. The van der Waals surface area contributed by atoms with Gasteiger partial charge in [-0.1, -0.05) is 36.0 Å². The number of hydrogen-bond acceptors (Lipinski definition) is 2. The fraction of sp³-hybridized carbons (Fsp3) is 0.286. The number of aryl methyl sites for hydroxylation is 1. The molecule has 1 saturated carbocycles. The summed E-state index contributed by atoms with van der Waals surface area (Å²) in [5.74, 6) is 1.65. The first-order chi connectivity index (χ1) is 8.22. The van der Waals surface area contributed by atoms with Gasteiger partial charge in [0.25, 0.3) is 0 Å². The summed E-state index contributed by atoms with van der Waals surface area (Å²) in [6, 6.07) is 10.4. The molecule has 3 rings (SSSR count). The topological polar surface area (TPSA) is 28.7 Å². The van der Waals surface area contributed by atoms with Crippen LogP contribution in [0, 0.1) is 11.6 Å². The molecule has 2 nitrogen and oxygen atoms in total. The maximum absolute atomic E-state index is 5.24. The number of nitrogens with one attached hydrogen (secondary N) is 1. The van der Waals surface area contributed by atoms with Gasteiger partial charge in [-0.2, -0.15) is 0 Å². The van der Waals surface area contributed by atoms with E-state index in [9.17, 15) is 0 Å². The van der Waals surface area contributed by atoms with Crippen LogP contribution in [0.25, 0.3) is 11.3 Å². The van der Waals surface area contributed by atoms with Crippen molar-refractivity contribution in [2.75, 3.05) is 0 Å². The summed E-state index contributed by atoms with van der Waals surface area (Å²) in [6.07, 6.45) is 2.46. The third-order valence-corrected chi connectivity index (χ3v) is 3.26. The molecular formula is C14H14N2S. The zero-order valence-corrected chi connectivity index (χ0v) is 10.6. The highest BCUT2D eigenvalue weighted by atomic mass is 32.1. The molecule has 1 N–H and O–H groups in total. The van der Waals surface area contributed by atoms with Crippen LogP contribution in [-0.4, -0.2) is 9.97 Å². The first kappa shape index (κ1) is 10.7. The van der Waals surface area contributed by atoms with Gasteiger partial charge in [0.05, 0.1) is 0 Å². The standard InChI is InChI=1S/C14H14N2S/c1-9-3-2-4-11(7-9)12-8-13(17)16-14(15-12)10-5-6-10/h2-4,7-8,10H,5-6H2,1H3,(H,15,16,17). The minimum atomic E-state index is 0.599. The third-order valence-electron chi connectivity index (χ3n) is 3.05. The van der Waals surface area contributed by atoms with Gasteiger partial charge in [0.2, 0.25) is 0 Å². The van der Waals surface area contributed by atoms with Crippen molar-refractivity contribution in [2.45, 2.75) is 25.7 Å². The Balaban J connectivity index is 2.10. The third kappa shape index (κ3) is 2.29. The monoisotopic (exact) mass is 242 g/mol. The maximum Gasteiger partial charge on any atom is 0.130 e. The molecule has 2 aromatic rings. The minimum Gasteiger partial charge on any atom is -0.343 e. The Kier molecular flexibility index (Phi) is 2.56. The first-order valence-electron chi connectivity index (χ1n) is 5.91. The molecule has 0 saturated heterocycles. The molecule has 0 spiro atoms. The highest BCUT2D eigenvalue weighted by Crippen LogP contribution is 2.38. The van der Waals surface area contributed by atoms with Gasteiger partial charge in [-0.05, 0) is 37.5 Å². The summed E-state index contributed by atoms with van der Waals surface area (Å²) in [5, 5.41) is 0. The summed E-state index contributed by atoms with van der Waals surface area (Å²) in [4.78, 5) is 7.82. The van der Waals surface area contributed by atoms with E-state index in [-0.39, 0.29) is 0 Å². The molecule has 0 bridgehead atoms. The predicted molar refractivity (Wildman–Crippen MR) is 71.6 cm³/mol. The molecule has 1 aliphatic carbocycles. The zero-order chi connectivity index (χ0) is 11.8. The van der Waals surface area contributed by atoms with Gasteiger partial charge in [0.1, 0.15) is 10.5 Å². The van der Waals surface area contributed by atoms with Crippen molar-refractivity contribution in [1.29, 1.82) is 0 Å². The Labute approximate surface area is 106 Å². The molecule has 3 heteroatoms. The molecular weight excluding hydrogens is 228 g/mol. The lowest BCUT2D eigenvalue weighted by molar-refractivity contribution is 0.924. The SMILES string of the molecule is Cc1cccc(-c2cc(=S)nc(C3CC3)[nH]2)c1. The number of hydrogen-bond donors (Lipinski definition) is 1. The van der Waals surface area contributed by atoms with E-state index in [1.54, 1.807) is 0 Å². The second kappa shape index (κ2) is 4.08. The van der Waals surface area contributed by atoms with Crippen molar-refractivity contribution in [2.24, 2.45) is 0 Å². The van der Waals surface area contributed by atoms with Gasteiger partial charge < -0.3 is 4.98 Å². The van der Waals surface area contributed by atoms with E-state index in [0.29, 0.717) is 10.6 Å². The van der Waals surface area contributed by atoms with Crippen molar-refractivity contribution in [3.05, 3.63) is 46.4 Å². The van der Waals surface area contributed by atoms with Crippen molar-refractivity contribution in [3.63, 3.8) is 0 Å². The molecule has 1 aromatic heterocycles. The van der Waals surface area contributed by atoms with Gasteiger partial charge in [-0.3, -0.25) is 0 Å². The molecule has 0 atom stereocenters. The second-order valence-electron chi connectivity index (χ2n) is 4.66. The molecule has 0 aliphatic heterocycles. The maximum atomic E-state index is 5.24. The molecule has 17 heavy (non-hydrogen) atoms. The Morgan fingerprint density at radius 2 is 2.12 bits per heavy atom. The van der Waals surface area contributed by atoms with E-state index < -0.39 is 0 Å². The van der Waals surface area contributed by atoms with E-state index in [2.05, 4.69) is 41.2 Å². The van der Waals surface area contributed by atoms with E-state index in [1.165, 1.54) is 24.0 Å². The fourth-order valence-electron chi connectivity index (χ4n) is 1.99. The lowest BCUT2D eigenvalue weighted by Crippen LogP contribution is -1.95. The smallest absolute Gasteiger partial charge is 0.130 e. The Morgan fingerprint density at radius 1 is 1.29 bits per heavy atom. The number of H-pyrrole nitrogens is 1. The predicted octanol–water partition coefficient (Wildman–Crippen LogP) is 3.99.